The van der Waals surface area contributed by atoms with Gasteiger partial charge in [0.1, 0.15) is 0 Å². The zero-order valence-electron chi connectivity index (χ0n) is 15.3. The van der Waals surface area contributed by atoms with Crippen molar-refractivity contribution in [3.05, 3.63) is 65.7 Å². The Morgan fingerprint density at radius 2 is 1.68 bits per heavy atom. The minimum absolute atomic E-state index is 0.0281. The molecule has 1 aliphatic rings. The van der Waals surface area contributed by atoms with Gasteiger partial charge in [-0.1, -0.05) is 42.5 Å². The summed E-state index contributed by atoms with van der Waals surface area (Å²) in [5, 5.41) is 12.9. The third-order valence-electron chi connectivity index (χ3n) is 5.09. The van der Waals surface area contributed by atoms with Gasteiger partial charge in [-0.05, 0) is 49.5 Å². The Labute approximate surface area is 162 Å². The topological polar surface area (TPSA) is 52.6 Å². The van der Waals surface area contributed by atoms with Crippen LogP contribution in [-0.4, -0.2) is 35.5 Å². The molecule has 0 aliphatic carbocycles. The van der Waals surface area contributed by atoms with Gasteiger partial charge in [-0.25, -0.2) is 0 Å². The van der Waals surface area contributed by atoms with Crippen molar-refractivity contribution in [2.45, 2.75) is 25.1 Å². The van der Waals surface area contributed by atoms with E-state index in [9.17, 15) is 23.1 Å². The fraction of sp³-hybridized carbons (Fsp3) is 0.381. The number of alkyl halides is 3. The normalized spacial score (nSPS) is 17.3. The highest BCUT2D eigenvalue weighted by atomic mass is 19.4. The molecular weight excluding hydrogens is 369 g/mol. The van der Waals surface area contributed by atoms with Crippen molar-refractivity contribution in [1.29, 1.82) is 0 Å². The number of para-hydroxylation sites is 1. The van der Waals surface area contributed by atoms with E-state index in [-0.39, 0.29) is 18.2 Å². The highest BCUT2D eigenvalue weighted by molar-refractivity contribution is 5.93. The van der Waals surface area contributed by atoms with Crippen molar-refractivity contribution >= 4 is 11.6 Å². The van der Waals surface area contributed by atoms with Crippen LogP contribution in [0.5, 0.6) is 0 Å². The SMILES string of the molecule is O=C(CN1CCC(C(O)c2ccccc2)CC1)Nc1ccccc1C(F)(F)F. The lowest BCUT2D eigenvalue weighted by atomic mass is 9.87. The van der Waals surface area contributed by atoms with E-state index in [0.29, 0.717) is 13.1 Å². The number of hydrogen-bond acceptors (Lipinski definition) is 3. The molecule has 1 saturated heterocycles. The molecule has 2 N–H and O–H groups in total. The van der Waals surface area contributed by atoms with Crippen LogP contribution in [0.4, 0.5) is 18.9 Å². The van der Waals surface area contributed by atoms with Crippen LogP contribution in [0.25, 0.3) is 0 Å². The lowest BCUT2D eigenvalue weighted by Crippen LogP contribution is -2.40. The molecule has 2 aromatic rings. The highest BCUT2D eigenvalue weighted by Gasteiger charge is 2.34. The summed E-state index contributed by atoms with van der Waals surface area (Å²) >= 11 is 0. The number of aliphatic hydroxyl groups excluding tert-OH is 1. The molecule has 0 bridgehead atoms. The molecule has 0 saturated carbocycles. The number of aliphatic hydroxyl groups is 1. The van der Waals surface area contributed by atoms with Crippen LogP contribution in [-0.2, 0) is 11.0 Å². The number of nitrogens with one attached hydrogen (secondary N) is 1. The van der Waals surface area contributed by atoms with E-state index in [1.165, 1.54) is 18.2 Å². The Morgan fingerprint density at radius 1 is 1.07 bits per heavy atom. The first-order valence-corrected chi connectivity index (χ1v) is 9.26. The number of likely N-dealkylation sites (tertiary alicyclic amines) is 1. The van der Waals surface area contributed by atoms with Crippen LogP contribution >= 0.6 is 0 Å². The summed E-state index contributed by atoms with van der Waals surface area (Å²) in [5.74, 6) is -0.369. The summed E-state index contributed by atoms with van der Waals surface area (Å²) in [4.78, 5) is 14.1. The van der Waals surface area contributed by atoms with E-state index in [4.69, 9.17) is 0 Å². The lowest BCUT2D eigenvalue weighted by Gasteiger charge is -2.34. The fourth-order valence-electron chi connectivity index (χ4n) is 3.58. The molecule has 1 unspecified atom stereocenters. The Bertz CT molecular complexity index is 788. The average molecular weight is 392 g/mol. The average Bonchev–Trinajstić information content (AvgIpc) is 2.68. The summed E-state index contributed by atoms with van der Waals surface area (Å²) in [5.41, 5.74) is -0.204. The third kappa shape index (κ3) is 5.11. The molecule has 0 aromatic heterocycles. The van der Waals surface area contributed by atoms with Crippen molar-refractivity contribution < 1.29 is 23.1 Å². The second-order valence-corrected chi connectivity index (χ2v) is 7.06. The number of anilines is 1. The zero-order chi connectivity index (χ0) is 20.1. The lowest BCUT2D eigenvalue weighted by molar-refractivity contribution is -0.137. The fourth-order valence-corrected chi connectivity index (χ4v) is 3.58. The molecule has 3 rings (SSSR count). The van der Waals surface area contributed by atoms with Crippen LogP contribution in [0.15, 0.2) is 54.6 Å². The van der Waals surface area contributed by atoms with E-state index in [2.05, 4.69) is 5.32 Å². The molecule has 2 aromatic carbocycles. The maximum Gasteiger partial charge on any atom is 0.418 e. The molecule has 7 heteroatoms. The van der Waals surface area contributed by atoms with Gasteiger partial charge in [-0.3, -0.25) is 9.69 Å². The molecule has 1 atom stereocenters. The summed E-state index contributed by atoms with van der Waals surface area (Å²) in [6, 6.07) is 14.4. The van der Waals surface area contributed by atoms with Gasteiger partial charge in [0.05, 0.1) is 23.9 Å². The number of hydrogen-bond donors (Lipinski definition) is 2. The molecule has 0 spiro atoms. The van der Waals surface area contributed by atoms with Gasteiger partial charge in [0.25, 0.3) is 0 Å². The number of carbonyl (C=O) groups is 1. The predicted octanol–water partition coefficient (Wildman–Crippen LogP) is 4.09. The summed E-state index contributed by atoms with van der Waals surface area (Å²) in [7, 11) is 0. The Balaban J connectivity index is 1.52. The Kier molecular flexibility index (Phi) is 6.36. The second kappa shape index (κ2) is 8.75. The van der Waals surface area contributed by atoms with Crippen molar-refractivity contribution in [2.24, 2.45) is 5.92 Å². The van der Waals surface area contributed by atoms with Gasteiger partial charge in [-0.15, -0.1) is 0 Å². The minimum atomic E-state index is -4.52. The minimum Gasteiger partial charge on any atom is -0.388 e. The first-order chi connectivity index (χ1) is 13.3. The van der Waals surface area contributed by atoms with Crippen molar-refractivity contribution in [3.63, 3.8) is 0 Å². The quantitative estimate of drug-likeness (QED) is 0.806. The molecule has 1 fully saturated rings. The van der Waals surface area contributed by atoms with E-state index in [1.807, 2.05) is 35.2 Å². The third-order valence-corrected chi connectivity index (χ3v) is 5.09. The van der Waals surface area contributed by atoms with E-state index >= 15 is 0 Å². The molecular formula is C21H23F3N2O2. The summed E-state index contributed by atoms with van der Waals surface area (Å²) in [6.45, 7) is 1.26. The van der Waals surface area contributed by atoms with Crippen molar-refractivity contribution in [3.8, 4) is 0 Å². The van der Waals surface area contributed by atoms with Crippen LogP contribution in [0.2, 0.25) is 0 Å². The number of piperidine rings is 1. The largest absolute Gasteiger partial charge is 0.418 e. The maximum absolute atomic E-state index is 13.0. The first kappa shape index (κ1) is 20.4. The number of rotatable bonds is 5. The van der Waals surface area contributed by atoms with Crippen molar-refractivity contribution in [1.82, 2.24) is 4.90 Å². The maximum atomic E-state index is 13.0. The van der Waals surface area contributed by atoms with E-state index < -0.39 is 23.8 Å². The highest BCUT2D eigenvalue weighted by Crippen LogP contribution is 2.34. The van der Waals surface area contributed by atoms with Crippen LogP contribution in [0.1, 0.15) is 30.1 Å². The number of carbonyl (C=O) groups excluding carboxylic acids is 1. The van der Waals surface area contributed by atoms with E-state index in [1.54, 1.807) is 0 Å². The van der Waals surface area contributed by atoms with Crippen LogP contribution in [0, 0.1) is 5.92 Å². The number of nitrogens with zero attached hydrogens (tertiary/aromatic N) is 1. The number of halogens is 3. The molecule has 1 aliphatic heterocycles. The predicted molar refractivity (Wildman–Crippen MR) is 101 cm³/mol. The molecule has 0 radical (unpaired) electrons. The zero-order valence-corrected chi connectivity index (χ0v) is 15.3. The van der Waals surface area contributed by atoms with Gasteiger partial charge < -0.3 is 10.4 Å². The summed E-state index contributed by atoms with van der Waals surface area (Å²) < 4.78 is 39.1. The van der Waals surface area contributed by atoms with Crippen LogP contribution < -0.4 is 5.32 Å². The van der Waals surface area contributed by atoms with Gasteiger partial charge in [0.15, 0.2) is 0 Å². The molecule has 1 heterocycles. The smallest absolute Gasteiger partial charge is 0.388 e. The van der Waals surface area contributed by atoms with Crippen LogP contribution in [0.3, 0.4) is 0 Å². The number of benzene rings is 2. The molecule has 28 heavy (non-hydrogen) atoms. The standard InChI is InChI=1S/C21H23F3N2O2/c22-21(23,24)17-8-4-5-9-18(17)25-19(27)14-26-12-10-16(11-13-26)20(28)15-6-2-1-3-7-15/h1-9,16,20,28H,10-14H2,(H,25,27). The van der Waals surface area contributed by atoms with Crippen molar-refractivity contribution in [2.75, 3.05) is 25.0 Å². The summed E-state index contributed by atoms with van der Waals surface area (Å²) in [6.07, 6.45) is -3.61. The number of amides is 1. The molecule has 150 valence electrons. The molecule has 1 amide bonds. The second-order valence-electron chi connectivity index (χ2n) is 7.06. The molecule has 4 nitrogen and oxygen atoms in total. The Hall–Kier alpha value is -2.38. The van der Waals surface area contributed by atoms with E-state index in [0.717, 1.165) is 24.5 Å². The first-order valence-electron chi connectivity index (χ1n) is 9.26. The van der Waals surface area contributed by atoms with Gasteiger partial charge >= 0.3 is 6.18 Å². The van der Waals surface area contributed by atoms with Gasteiger partial charge in [0.2, 0.25) is 5.91 Å². The van der Waals surface area contributed by atoms with Gasteiger partial charge in [0, 0.05) is 0 Å². The van der Waals surface area contributed by atoms with Gasteiger partial charge in [-0.2, -0.15) is 13.2 Å². The monoisotopic (exact) mass is 392 g/mol. The Morgan fingerprint density at radius 3 is 2.32 bits per heavy atom.